The number of fused-ring (bicyclic) bond motifs is 1. The molecule has 8 heteroatoms. The summed E-state index contributed by atoms with van der Waals surface area (Å²) in [5.74, 6) is -0.889. The lowest BCUT2D eigenvalue weighted by molar-refractivity contribution is -0.135. The van der Waals surface area contributed by atoms with Crippen molar-refractivity contribution in [1.29, 1.82) is 0 Å². The Bertz CT molecular complexity index is 899. The van der Waals surface area contributed by atoms with Gasteiger partial charge in [0.05, 0.1) is 10.5 Å². The largest absolute Gasteiger partial charge is 0.452 e. The Hall–Kier alpha value is -2.19. The summed E-state index contributed by atoms with van der Waals surface area (Å²) in [7, 11) is -3.32. The van der Waals surface area contributed by atoms with Crippen molar-refractivity contribution in [2.45, 2.75) is 17.9 Å². The molecule has 0 aliphatic carbocycles. The van der Waals surface area contributed by atoms with Gasteiger partial charge in [-0.2, -0.15) is 0 Å². The van der Waals surface area contributed by atoms with E-state index in [1.165, 1.54) is 29.1 Å². The Morgan fingerprint density at radius 2 is 1.92 bits per heavy atom. The Labute approximate surface area is 149 Å². The molecule has 3 rings (SSSR count). The van der Waals surface area contributed by atoms with E-state index in [9.17, 15) is 18.0 Å². The minimum absolute atomic E-state index is 0.125. The van der Waals surface area contributed by atoms with E-state index in [0.717, 1.165) is 18.2 Å². The molecule has 1 aromatic carbocycles. The number of hydrogen-bond acceptors (Lipinski definition) is 6. The molecule has 25 heavy (non-hydrogen) atoms. The minimum Gasteiger partial charge on any atom is -0.452 e. The van der Waals surface area contributed by atoms with Crippen LogP contribution in [0.2, 0.25) is 0 Å². The van der Waals surface area contributed by atoms with Crippen molar-refractivity contribution < 1.29 is 22.7 Å². The van der Waals surface area contributed by atoms with Gasteiger partial charge in [-0.1, -0.05) is 0 Å². The fraction of sp³-hybridized carbons (Fsp3) is 0.294. The van der Waals surface area contributed by atoms with Gasteiger partial charge in [-0.25, -0.2) is 13.2 Å². The van der Waals surface area contributed by atoms with Crippen molar-refractivity contribution in [3.63, 3.8) is 0 Å². The number of thiophene rings is 1. The maximum atomic E-state index is 12.2. The molecule has 0 atom stereocenters. The Kier molecular flexibility index (Phi) is 4.91. The number of nitrogens with zero attached hydrogens (tertiary/aromatic N) is 1. The zero-order chi connectivity index (χ0) is 18.0. The van der Waals surface area contributed by atoms with Crippen molar-refractivity contribution >= 4 is 33.1 Å². The molecular formula is C17H17NO5S2. The monoisotopic (exact) mass is 379 g/mol. The molecule has 0 N–H and O–H groups in total. The topological polar surface area (TPSA) is 80.7 Å². The van der Waals surface area contributed by atoms with Gasteiger partial charge in [-0.3, -0.25) is 4.79 Å². The first kappa shape index (κ1) is 17.6. The lowest BCUT2D eigenvalue weighted by Gasteiger charge is -2.26. The van der Waals surface area contributed by atoms with Gasteiger partial charge in [0.1, 0.15) is 0 Å². The number of carbonyl (C=O) groups is 2. The van der Waals surface area contributed by atoms with E-state index in [2.05, 4.69) is 0 Å². The van der Waals surface area contributed by atoms with E-state index in [-0.39, 0.29) is 23.0 Å². The number of sulfone groups is 1. The van der Waals surface area contributed by atoms with E-state index >= 15 is 0 Å². The van der Waals surface area contributed by atoms with Crippen molar-refractivity contribution in [2.24, 2.45) is 0 Å². The van der Waals surface area contributed by atoms with E-state index in [1.54, 1.807) is 16.2 Å². The summed E-state index contributed by atoms with van der Waals surface area (Å²) >= 11 is 1.69. The maximum Gasteiger partial charge on any atom is 0.338 e. The third kappa shape index (κ3) is 4.08. The highest BCUT2D eigenvalue weighted by molar-refractivity contribution is 7.90. The third-order valence-electron chi connectivity index (χ3n) is 4.01. The van der Waals surface area contributed by atoms with Crippen LogP contribution < -0.4 is 0 Å². The second-order valence-electron chi connectivity index (χ2n) is 5.81. The molecule has 0 saturated heterocycles. The lowest BCUT2D eigenvalue weighted by Crippen LogP contribution is -2.38. The van der Waals surface area contributed by atoms with Gasteiger partial charge in [-0.15, -0.1) is 11.3 Å². The van der Waals surface area contributed by atoms with Crippen LogP contribution in [0, 0.1) is 0 Å². The number of benzene rings is 1. The Morgan fingerprint density at radius 1 is 1.20 bits per heavy atom. The molecule has 0 saturated carbocycles. The third-order valence-corrected chi connectivity index (χ3v) is 6.16. The molecule has 0 spiro atoms. The summed E-state index contributed by atoms with van der Waals surface area (Å²) in [6.07, 6.45) is 1.91. The number of esters is 1. The van der Waals surface area contributed by atoms with E-state index < -0.39 is 15.8 Å². The van der Waals surface area contributed by atoms with Gasteiger partial charge in [0, 0.05) is 24.2 Å². The smallest absolute Gasteiger partial charge is 0.338 e. The first-order valence-electron chi connectivity index (χ1n) is 7.65. The summed E-state index contributed by atoms with van der Waals surface area (Å²) in [6.45, 7) is 0.831. The quantitative estimate of drug-likeness (QED) is 0.758. The van der Waals surface area contributed by atoms with Gasteiger partial charge in [0.15, 0.2) is 16.4 Å². The van der Waals surface area contributed by atoms with Crippen LogP contribution >= 0.6 is 11.3 Å². The first-order chi connectivity index (χ1) is 11.8. The summed E-state index contributed by atoms with van der Waals surface area (Å²) in [5.41, 5.74) is 1.35. The van der Waals surface area contributed by atoms with Crippen LogP contribution in [-0.2, 0) is 32.3 Å². The van der Waals surface area contributed by atoms with Crippen LogP contribution in [0.15, 0.2) is 40.6 Å². The number of hydrogen-bond donors (Lipinski definition) is 0. The molecule has 6 nitrogen and oxygen atoms in total. The van der Waals surface area contributed by atoms with Crippen LogP contribution in [0.3, 0.4) is 0 Å². The fourth-order valence-electron chi connectivity index (χ4n) is 2.60. The normalized spacial score (nSPS) is 14.0. The van der Waals surface area contributed by atoms with Crippen LogP contribution in [-0.4, -0.2) is 44.6 Å². The van der Waals surface area contributed by atoms with Crippen molar-refractivity contribution in [3.8, 4) is 0 Å². The van der Waals surface area contributed by atoms with E-state index in [1.807, 2.05) is 11.4 Å². The zero-order valence-corrected chi connectivity index (χ0v) is 15.2. The summed E-state index contributed by atoms with van der Waals surface area (Å²) in [6, 6.07) is 7.45. The Balaban J connectivity index is 1.56. The lowest BCUT2D eigenvalue weighted by atomic mass is 10.1. The van der Waals surface area contributed by atoms with Gasteiger partial charge in [-0.05, 0) is 47.7 Å². The van der Waals surface area contributed by atoms with Crippen LogP contribution in [0.4, 0.5) is 0 Å². The van der Waals surface area contributed by atoms with Crippen LogP contribution in [0.5, 0.6) is 0 Å². The molecule has 132 valence electrons. The molecule has 1 aromatic heterocycles. The zero-order valence-electron chi connectivity index (χ0n) is 13.6. The number of carbonyl (C=O) groups excluding carboxylic acids is 2. The molecular weight excluding hydrogens is 362 g/mol. The fourth-order valence-corrected chi connectivity index (χ4v) is 4.12. The second-order valence-corrected chi connectivity index (χ2v) is 8.82. The van der Waals surface area contributed by atoms with Gasteiger partial charge >= 0.3 is 5.97 Å². The highest BCUT2D eigenvalue weighted by atomic mass is 32.2. The molecule has 0 unspecified atom stereocenters. The minimum atomic E-state index is -3.32. The predicted octanol–water partition coefficient (Wildman–Crippen LogP) is 1.89. The summed E-state index contributed by atoms with van der Waals surface area (Å²) < 4.78 is 27.9. The molecule has 0 radical (unpaired) electrons. The molecule has 1 aliphatic rings. The van der Waals surface area contributed by atoms with Gasteiger partial charge in [0.25, 0.3) is 5.91 Å². The second kappa shape index (κ2) is 6.97. The molecule has 2 heterocycles. The van der Waals surface area contributed by atoms with Crippen molar-refractivity contribution in [3.05, 3.63) is 51.7 Å². The van der Waals surface area contributed by atoms with Crippen molar-refractivity contribution in [2.75, 3.05) is 19.4 Å². The van der Waals surface area contributed by atoms with Crippen LogP contribution in [0.25, 0.3) is 0 Å². The average Bonchev–Trinajstić information content (AvgIpc) is 3.06. The average molecular weight is 379 g/mol. The molecule has 0 fully saturated rings. The van der Waals surface area contributed by atoms with Gasteiger partial charge in [0.2, 0.25) is 0 Å². The highest BCUT2D eigenvalue weighted by Crippen LogP contribution is 2.24. The highest BCUT2D eigenvalue weighted by Gasteiger charge is 2.22. The Morgan fingerprint density at radius 3 is 2.60 bits per heavy atom. The molecule has 0 bridgehead atoms. The van der Waals surface area contributed by atoms with E-state index in [4.69, 9.17) is 4.74 Å². The molecule has 2 aromatic rings. The van der Waals surface area contributed by atoms with Crippen LogP contribution in [0.1, 0.15) is 20.8 Å². The SMILES string of the molecule is CS(=O)(=O)c1ccc(C(=O)OCC(=O)N2CCc3sccc3C2)cc1. The molecule has 1 amide bonds. The number of amides is 1. The predicted molar refractivity (Wildman–Crippen MR) is 93.3 cm³/mol. The number of ether oxygens (including phenoxy) is 1. The van der Waals surface area contributed by atoms with E-state index in [0.29, 0.717) is 13.1 Å². The standard InChI is InChI=1S/C17H17NO5S2/c1-25(21,22)14-4-2-12(3-5-14)17(20)23-11-16(19)18-8-6-15-13(10-18)7-9-24-15/h2-5,7,9H,6,8,10-11H2,1H3. The van der Waals surface area contributed by atoms with Crippen molar-refractivity contribution in [1.82, 2.24) is 4.90 Å². The molecule has 1 aliphatic heterocycles. The summed E-state index contributed by atoms with van der Waals surface area (Å²) in [4.78, 5) is 27.3. The number of rotatable bonds is 4. The summed E-state index contributed by atoms with van der Waals surface area (Å²) in [5, 5.41) is 2.01. The maximum absolute atomic E-state index is 12.2. The first-order valence-corrected chi connectivity index (χ1v) is 10.4. The van der Waals surface area contributed by atoms with Gasteiger partial charge < -0.3 is 9.64 Å².